The van der Waals surface area contributed by atoms with Crippen LogP contribution in [0.5, 0.6) is 5.75 Å². The summed E-state index contributed by atoms with van der Waals surface area (Å²) in [6.07, 6.45) is -3.44. The molecule has 0 spiro atoms. The summed E-state index contributed by atoms with van der Waals surface area (Å²) in [6.45, 7) is 6.25. The van der Waals surface area contributed by atoms with E-state index in [1.807, 2.05) is 45.0 Å². The van der Waals surface area contributed by atoms with Crippen LogP contribution in [0.3, 0.4) is 0 Å². The lowest BCUT2D eigenvalue weighted by molar-refractivity contribution is -0.142. The second-order valence-electron chi connectivity index (χ2n) is 7.41. The van der Waals surface area contributed by atoms with Crippen LogP contribution in [0.1, 0.15) is 38.8 Å². The van der Waals surface area contributed by atoms with Gasteiger partial charge in [-0.3, -0.25) is 9.89 Å². The molecular weight excluding hydrogens is 484 g/mol. The standard InChI is InChI=1S/C19H29F3N4O.HI/c1-5-23-17(24-10-11-26(4)13-19(20,21)22)25-15-12-18(2,3)27-16-9-7-6-8-14(15)16;/h6-9,15H,5,10-13H2,1-4H3,(H2,23,24,25);1H. The molecule has 28 heavy (non-hydrogen) atoms. The molecule has 2 rings (SSSR count). The number of aliphatic imine (C=N–C) groups is 1. The van der Waals surface area contributed by atoms with Crippen LogP contribution in [0.2, 0.25) is 0 Å². The molecule has 160 valence electrons. The van der Waals surface area contributed by atoms with E-state index in [4.69, 9.17) is 4.74 Å². The van der Waals surface area contributed by atoms with Crippen molar-refractivity contribution in [1.29, 1.82) is 0 Å². The normalized spacial score (nSPS) is 18.7. The van der Waals surface area contributed by atoms with Crippen molar-refractivity contribution in [2.24, 2.45) is 4.99 Å². The number of halogens is 4. The predicted octanol–water partition coefficient (Wildman–Crippen LogP) is 3.96. The Hall–Kier alpha value is -1.23. The molecule has 1 atom stereocenters. The largest absolute Gasteiger partial charge is 0.487 e. The molecule has 0 aliphatic carbocycles. The number of alkyl halides is 3. The average molecular weight is 514 g/mol. The van der Waals surface area contributed by atoms with E-state index in [2.05, 4.69) is 15.6 Å². The molecule has 1 unspecified atom stereocenters. The van der Waals surface area contributed by atoms with Crippen molar-refractivity contribution < 1.29 is 17.9 Å². The summed E-state index contributed by atoms with van der Waals surface area (Å²) in [5.74, 6) is 1.43. The van der Waals surface area contributed by atoms with Crippen LogP contribution in [-0.4, -0.2) is 55.9 Å². The SMILES string of the molecule is CCNC(=NCCN(C)CC(F)(F)F)NC1CC(C)(C)Oc2ccccc21.I. The van der Waals surface area contributed by atoms with Gasteiger partial charge in [0.25, 0.3) is 0 Å². The van der Waals surface area contributed by atoms with E-state index in [0.29, 0.717) is 12.5 Å². The van der Waals surface area contributed by atoms with Crippen molar-refractivity contribution >= 4 is 29.9 Å². The zero-order valence-corrected chi connectivity index (χ0v) is 19.1. The lowest BCUT2D eigenvalue weighted by atomic mass is 9.90. The molecule has 1 aromatic rings. The van der Waals surface area contributed by atoms with Crippen molar-refractivity contribution in [2.45, 2.75) is 45.0 Å². The van der Waals surface area contributed by atoms with E-state index in [0.717, 1.165) is 17.7 Å². The molecule has 0 saturated heterocycles. The molecular formula is C19H30F3IN4O. The monoisotopic (exact) mass is 514 g/mol. The van der Waals surface area contributed by atoms with Crippen LogP contribution in [0.4, 0.5) is 13.2 Å². The van der Waals surface area contributed by atoms with Gasteiger partial charge in [-0.2, -0.15) is 13.2 Å². The van der Waals surface area contributed by atoms with E-state index >= 15 is 0 Å². The first kappa shape index (κ1) is 24.8. The first-order valence-corrected chi connectivity index (χ1v) is 9.18. The molecule has 1 aliphatic heterocycles. The minimum atomic E-state index is -4.20. The van der Waals surface area contributed by atoms with E-state index in [1.165, 1.54) is 11.9 Å². The van der Waals surface area contributed by atoms with Crippen LogP contribution in [0.15, 0.2) is 29.3 Å². The lowest BCUT2D eigenvalue weighted by Crippen LogP contribution is -2.45. The Kier molecular flexibility index (Phi) is 9.32. The second kappa shape index (κ2) is 10.5. The van der Waals surface area contributed by atoms with E-state index < -0.39 is 12.7 Å². The third kappa shape index (κ3) is 8.02. The smallest absolute Gasteiger partial charge is 0.401 e. The minimum Gasteiger partial charge on any atom is -0.487 e. The topological polar surface area (TPSA) is 48.9 Å². The minimum absolute atomic E-state index is 0. The number of hydrogen-bond acceptors (Lipinski definition) is 3. The summed E-state index contributed by atoms with van der Waals surface area (Å²) in [5.41, 5.74) is 0.729. The number of hydrogen-bond donors (Lipinski definition) is 2. The van der Waals surface area contributed by atoms with Gasteiger partial charge in [0.05, 0.1) is 19.1 Å². The Morgan fingerprint density at radius 3 is 2.64 bits per heavy atom. The van der Waals surface area contributed by atoms with Gasteiger partial charge < -0.3 is 15.4 Å². The Morgan fingerprint density at radius 1 is 1.32 bits per heavy atom. The molecule has 9 heteroatoms. The van der Waals surface area contributed by atoms with Crippen molar-refractivity contribution in [2.75, 3.05) is 33.2 Å². The summed E-state index contributed by atoms with van der Waals surface area (Å²) in [5, 5.41) is 6.58. The quantitative estimate of drug-likeness (QED) is 0.343. The lowest BCUT2D eigenvalue weighted by Gasteiger charge is -2.38. The maximum absolute atomic E-state index is 12.4. The number of ether oxygens (including phenoxy) is 1. The number of fused-ring (bicyclic) bond motifs is 1. The van der Waals surface area contributed by atoms with Crippen molar-refractivity contribution in [3.8, 4) is 5.75 Å². The molecule has 0 radical (unpaired) electrons. The van der Waals surface area contributed by atoms with Gasteiger partial charge in [-0.05, 0) is 33.9 Å². The van der Waals surface area contributed by atoms with E-state index in [1.54, 1.807) is 0 Å². The third-order valence-corrected chi connectivity index (χ3v) is 4.23. The predicted molar refractivity (Wildman–Crippen MR) is 117 cm³/mol. The molecule has 2 N–H and O–H groups in total. The number of benzene rings is 1. The summed E-state index contributed by atoms with van der Waals surface area (Å²) < 4.78 is 43.3. The van der Waals surface area contributed by atoms with Gasteiger partial charge >= 0.3 is 6.18 Å². The molecule has 5 nitrogen and oxygen atoms in total. The Labute approximate surface area is 182 Å². The third-order valence-electron chi connectivity index (χ3n) is 4.23. The van der Waals surface area contributed by atoms with Crippen molar-refractivity contribution in [3.63, 3.8) is 0 Å². The van der Waals surface area contributed by atoms with Crippen LogP contribution >= 0.6 is 24.0 Å². The summed E-state index contributed by atoms with van der Waals surface area (Å²) in [6, 6.07) is 7.87. The number of rotatable bonds is 6. The molecule has 0 amide bonds. The maximum Gasteiger partial charge on any atom is 0.401 e. The van der Waals surface area contributed by atoms with E-state index in [-0.39, 0.29) is 48.7 Å². The summed E-state index contributed by atoms with van der Waals surface area (Å²) >= 11 is 0. The molecule has 0 bridgehead atoms. The summed E-state index contributed by atoms with van der Waals surface area (Å²) in [7, 11) is 1.45. The van der Waals surface area contributed by atoms with Gasteiger partial charge in [0.2, 0.25) is 0 Å². The Morgan fingerprint density at radius 2 is 2.00 bits per heavy atom. The fourth-order valence-electron chi connectivity index (χ4n) is 3.13. The highest BCUT2D eigenvalue weighted by atomic mass is 127. The second-order valence-corrected chi connectivity index (χ2v) is 7.41. The first-order valence-electron chi connectivity index (χ1n) is 9.18. The van der Waals surface area contributed by atoms with Gasteiger partial charge in [0, 0.05) is 25.1 Å². The number of para-hydroxylation sites is 1. The summed E-state index contributed by atoms with van der Waals surface area (Å²) in [4.78, 5) is 5.66. The Bertz CT molecular complexity index is 652. The van der Waals surface area contributed by atoms with Gasteiger partial charge in [-0.15, -0.1) is 24.0 Å². The fraction of sp³-hybridized carbons (Fsp3) is 0.632. The molecule has 0 aromatic heterocycles. The van der Waals surface area contributed by atoms with Crippen LogP contribution in [0, 0.1) is 0 Å². The zero-order valence-electron chi connectivity index (χ0n) is 16.8. The van der Waals surface area contributed by atoms with Gasteiger partial charge in [-0.1, -0.05) is 18.2 Å². The van der Waals surface area contributed by atoms with Gasteiger partial charge in [0.15, 0.2) is 5.96 Å². The number of nitrogens with zero attached hydrogens (tertiary/aromatic N) is 2. The maximum atomic E-state index is 12.4. The van der Waals surface area contributed by atoms with Crippen LogP contribution in [0.25, 0.3) is 0 Å². The van der Waals surface area contributed by atoms with Crippen molar-refractivity contribution in [3.05, 3.63) is 29.8 Å². The van der Waals surface area contributed by atoms with Gasteiger partial charge in [-0.25, -0.2) is 0 Å². The fourth-order valence-corrected chi connectivity index (χ4v) is 3.13. The zero-order chi connectivity index (χ0) is 20.1. The van der Waals surface area contributed by atoms with Crippen molar-refractivity contribution in [1.82, 2.24) is 15.5 Å². The molecule has 1 aliphatic rings. The van der Waals surface area contributed by atoms with Crippen LogP contribution < -0.4 is 15.4 Å². The number of nitrogens with one attached hydrogen (secondary N) is 2. The highest BCUT2D eigenvalue weighted by Gasteiger charge is 2.34. The molecule has 1 aromatic carbocycles. The van der Waals surface area contributed by atoms with Gasteiger partial charge in [0.1, 0.15) is 11.4 Å². The molecule has 0 fully saturated rings. The molecule has 0 saturated carbocycles. The Balaban J connectivity index is 0.00000392. The van der Waals surface area contributed by atoms with E-state index in [9.17, 15) is 13.2 Å². The highest BCUT2D eigenvalue weighted by Crippen LogP contribution is 2.39. The van der Waals surface area contributed by atoms with Crippen LogP contribution in [-0.2, 0) is 0 Å². The highest BCUT2D eigenvalue weighted by molar-refractivity contribution is 14.0. The average Bonchev–Trinajstić information content (AvgIpc) is 2.52. The number of likely N-dealkylation sites (N-methyl/N-ethyl adjacent to an activating group) is 1. The molecule has 1 heterocycles. The first-order chi connectivity index (χ1) is 12.6. The number of guanidine groups is 1.